The highest BCUT2D eigenvalue weighted by molar-refractivity contribution is 8.02. The van der Waals surface area contributed by atoms with Crippen molar-refractivity contribution in [2.45, 2.75) is 55.8 Å². The predicted molar refractivity (Wildman–Crippen MR) is 145 cm³/mol. The number of thioether (sulfide) groups is 1. The minimum Gasteiger partial charge on any atom is -0.394 e. The summed E-state index contributed by atoms with van der Waals surface area (Å²) in [5.41, 5.74) is 2.31. The Morgan fingerprint density at radius 3 is 2.59 bits per heavy atom. The monoisotopic (exact) mass is 541 g/mol. The SMILES string of the molecule is Cc1cccc(Cl)c1NC(=O)C1N([C@H](C)CO)C(=O)[C@@H]2[C@H](C(=O)NCc3ccccc3)[C@@H]3CC(C)C12S3. The summed E-state index contributed by atoms with van der Waals surface area (Å²) in [5.74, 6) is -1.87. The number of rotatable bonds is 7. The second kappa shape index (κ2) is 9.97. The largest absolute Gasteiger partial charge is 0.394 e. The summed E-state index contributed by atoms with van der Waals surface area (Å²) in [7, 11) is 0. The van der Waals surface area contributed by atoms with E-state index in [-0.39, 0.29) is 35.5 Å². The van der Waals surface area contributed by atoms with Gasteiger partial charge in [0, 0.05) is 11.8 Å². The molecule has 0 radical (unpaired) electrons. The number of fused-ring (bicyclic) bond motifs is 1. The molecule has 3 heterocycles. The summed E-state index contributed by atoms with van der Waals surface area (Å²) in [6.45, 7) is 5.77. The van der Waals surface area contributed by atoms with E-state index < -0.39 is 28.7 Å². The molecule has 196 valence electrons. The van der Waals surface area contributed by atoms with Gasteiger partial charge in [0.2, 0.25) is 17.7 Å². The highest BCUT2D eigenvalue weighted by atomic mass is 35.5. The number of hydrogen-bond acceptors (Lipinski definition) is 5. The molecular weight excluding hydrogens is 510 g/mol. The fourth-order valence-corrected chi connectivity index (χ4v) is 9.18. The van der Waals surface area contributed by atoms with E-state index in [1.165, 1.54) is 4.90 Å². The van der Waals surface area contributed by atoms with Crippen LogP contribution in [0.2, 0.25) is 5.02 Å². The Morgan fingerprint density at radius 1 is 1.19 bits per heavy atom. The van der Waals surface area contributed by atoms with Crippen LogP contribution in [0, 0.1) is 24.7 Å². The zero-order chi connectivity index (χ0) is 26.5. The molecular formula is C28H32ClN3O4S. The lowest BCUT2D eigenvalue weighted by atomic mass is 9.66. The molecule has 2 bridgehead atoms. The summed E-state index contributed by atoms with van der Waals surface area (Å²) in [6, 6.07) is 13.6. The molecule has 3 amide bonds. The van der Waals surface area contributed by atoms with Gasteiger partial charge in [-0.1, -0.05) is 61.0 Å². The van der Waals surface area contributed by atoms with Crippen LogP contribution in [0.3, 0.4) is 0 Å². The number of hydrogen-bond donors (Lipinski definition) is 3. The molecule has 9 heteroatoms. The van der Waals surface area contributed by atoms with Crippen LogP contribution in [0.25, 0.3) is 0 Å². The molecule has 3 fully saturated rings. The summed E-state index contributed by atoms with van der Waals surface area (Å²) in [4.78, 5) is 43.1. The Bertz CT molecular complexity index is 1210. The Labute approximate surface area is 226 Å². The third kappa shape index (κ3) is 4.14. The van der Waals surface area contributed by atoms with Crippen molar-refractivity contribution in [3.05, 3.63) is 64.7 Å². The van der Waals surface area contributed by atoms with Gasteiger partial charge in [0.25, 0.3) is 0 Å². The topological polar surface area (TPSA) is 98.7 Å². The van der Waals surface area contributed by atoms with Crippen LogP contribution in [0.4, 0.5) is 5.69 Å². The van der Waals surface area contributed by atoms with Crippen LogP contribution in [0.5, 0.6) is 0 Å². The maximum Gasteiger partial charge on any atom is 0.248 e. The van der Waals surface area contributed by atoms with E-state index in [2.05, 4.69) is 17.6 Å². The average Bonchev–Trinajstić information content (AvgIpc) is 3.48. The molecule has 5 rings (SSSR count). The van der Waals surface area contributed by atoms with E-state index in [1.54, 1.807) is 24.8 Å². The minimum absolute atomic E-state index is 0.0357. The first-order valence-corrected chi connectivity index (χ1v) is 13.9. The van der Waals surface area contributed by atoms with Crippen molar-refractivity contribution < 1.29 is 19.5 Å². The third-order valence-electron chi connectivity index (χ3n) is 8.25. The van der Waals surface area contributed by atoms with Crippen LogP contribution in [0.1, 0.15) is 31.4 Å². The highest BCUT2D eigenvalue weighted by Crippen LogP contribution is 2.68. The highest BCUT2D eigenvalue weighted by Gasteiger charge is 2.76. The van der Waals surface area contributed by atoms with Crippen LogP contribution < -0.4 is 10.6 Å². The number of aliphatic hydroxyl groups excluding tert-OH is 1. The smallest absolute Gasteiger partial charge is 0.248 e. The van der Waals surface area contributed by atoms with Gasteiger partial charge in [-0.15, -0.1) is 11.8 Å². The van der Waals surface area contributed by atoms with Gasteiger partial charge in [-0.3, -0.25) is 14.4 Å². The maximum atomic E-state index is 14.0. The number of carbonyl (C=O) groups excluding carboxylic acids is 3. The lowest BCUT2D eigenvalue weighted by molar-refractivity contribution is -0.141. The number of likely N-dealkylation sites (tertiary alicyclic amines) is 1. The molecule has 0 aromatic heterocycles. The van der Waals surface area contributed by atoms with Crippen molar-refractivity contribution in [1.82, 2.24) is 10.2 Å². The summed E-state index contributed by atoms with van der Waals surface area (Å²) < 4.78 is -0.765. The number of carbonyl (C=O) groups is 3. The van der Waals surface area contributed by atoms with Crippen molar-refractivity contribution in [2.75, 3.05) is 11.9 Å². The minimum atomic E-state index is -0.834. The van der Waals surface area contributed by atoms with Crippen molar-refractivity contribution in [3.63, 3.8) is 0 Å². The van der Waals surface area contributed by atoms with Gasteiger partial charge in [-0.25, -0.2) is 0 Å². The second-order valence-corrected chi connectivity index (χ2v) is 12.4. The van der Waals surface area contributed by atoms with Gasteiger partial charge in [0.1, 0.15) is 6.04 Å². The van der Waals surface area contributed by atoms with E-state index in [1.807, 2.05) is 49.4 Å². The van der Waals surface area contributed by atoms with E-state index >= 15 is 0 Å². The number of halogens is 1. The van der Waals surface area contributed by atoms with Gasteiger partial charge >= 0.3 is 0 Å². The maximum absolute atomic E-state index is 14.0. The van der Waals surface area contributed by atoms with Crippen LogP contribution >= 0.6 is 23.4 Å². The molecule has 7 nitrogen and oxygen atoms in total. The first-order chi connectivity index (χ1) is 17.7. The number of aryl methyl sites for hydroxylation is 1. The average molecular weight is 542 g/mol. The molecule has 3 saturated heterocycles. The predicted octanol–water partition coefficient (Wildman–Crippen LogP) is 3.62. The molecule has 2 aromatic rings. The lowest BCUT2D eigenvalue weighted by Gasteiger charge is -2.39. The van der Waals surface area contributed by atoms with Crippen LogP contribution in [-0.4, -0.2) is 56.4 Å². The summed E-state index contributed by atoms with van der Waals surface area (Å²) in [6.07, 6.45) is 0.744. The molecule has 3 aliphatic rings. The van der Waals surface area contributed by atoms with Crippen LogP contribution in [-0.2, 0) is 20.9 Å². The summed E-state index contributed by atoms with van der Waals surface area (Å²) in [5, 5.41) is 16.4. The fourth-order valence-electron chi connectivity index (χ4n) is 6.51. The quantitative estimate of drug-likeness (QED) is 0.497. The molecule has 7 atom stereocenters. The normalized spacial score (nSPS) is 30.8. The third-order valence-corrected chi connectivity index (χ3v) is 10.6. The number of amides is 3. The van der Waals surface area contributed by atoms with Gasteiger partial charge in [-0.2, -0.15) is 0 Å². The van der Waals surface area contributed by atoms with E-state index in [4.69, 9.17) is 11.6 Å². The van der Waals surface area contributed by atoms with Gasteiger partial charge in [0.05, 0.1) is 39.9 Å². The number of benzene rings is 2. The number of aliphatic hydroxyl groups is 1. The van der Waals surface area contributed by atoms with Gasteiger partial charge in [-0.05, 0) is 43.4 Å². The van der Waals surface area contributed by atoms with Gasteiger partial charge in [0.15, 0.2) is 0 Å². The van der Waals surface area contributed by atoms with Crippen molar-refractivity contribution in [1.29, 1.82) is 0 Å². The Kier molecular flexibility index (Phi) is 7.02. The zero-order valence-corrected chi connectivity index (χ0v) is 22.7. The van der Waals surface area contributed by atoms with Crippen molar-refractivity contribution in [2.24, 2.45) is 17.8 Å². The molecule has 37 heavy (non-hydrogen) atoms. The van der Waals surface area contributed by atoms with Gasteiger partial charge < -0.3 is 20.6 Å². The standard InChI is InChI=1S/C28H32ClN3O4S/c1-15-8-7-11-19(29)23(15)31-26(35)24-28-16(2)12-20(37-28)21(22(28)27(36)32(24)17(3)14-33)25(34)30-13-18-9-5-4-6-10-18/h4-11,16-17,20-22,24,33H,12-14H2,1-3H3,(H,30,34)(H,31,35)/t16?,17-,20+,21-,22+,24?,28?/m1/s1. The van der Waals surface area contributed by atoms with Crippen molar-refractivity contribution in [3.8, 4) is 0 Å². The molecule has 1 spiro atoms. The molecule has 0 saturated carbocycles. The molecule has 0 aliphatic carbocycles. The molecule has 3 N–H and O–H groups in total. The second-order valence-electron chi connectivity index (χ2n) is 10.5. The van der Waals surface area contributed by atoms with E-state index in [0.29, 0.717) is 17.3 Å². The summed E-state index contributed by atoms with van der Waals surface area (Å²) >= 11 is 8.02. The number of nitrogens with one attached hydrogen (secondary N) is 2. The number of para-hydroxylation sites is 1. The molecule has 3 unspecified atom stereocenters. The molecule has 3 aliphatic heterocycles. The van der Waals surface area contributed by atoms with Crippen molar-refractivity contribution >= 4 is 46.8 Å². The zero-order valence-electron chi connectivity index (χ0n) is 21.1. The molecule has 2 aromatic carbocycles. The Morgan fingerprint density at radius 2 is 1.92 bits per heavy atom. The van der Waals surface area contributed by atoms with Crippen LogP contribution in [0.15, 0.2) is 48.5 Å². The Balaban J connectivity index is 1.49. The van der Waals surface area contributed by atoms with E-state index in [0.717, 1.165) is 17.5 Å². The lowest BCUT2D eigenvalue weighted by Crippen LogP contribution is -2.56. The first-order valence-electron chi connectivity index (χ1n) is 12.7. The Hall–Kier alpha value is -2.55. The number of anilines is 1. The fraction of sp³-hybridized carbons (Fsp3) is 0.464. The first kappa shape index (κ1) is 26.1. The van der Waals surface area contributed by atoms with E-state index in [9.17, 15) is 19.5 Å². The number of nitrogens with zero attached hydrogens (tertiary/aromatic N) is 1.